The molecule has 0 unspecified atom stereocenters. The van der Waals surface area contributed by atoms with Gasteiger partial charge in [-0.25, -0.2) is 4.79 Å². The maximum absolute atomic E-state index is 13.3. The highest BCUT2D eigenvalue weighted by Gasteiger charge is 2.64. The van der Waals surface area contributed by atoms with E-state index in [1.165, 1.54) is 0 Å². The van der Waals surface area contributed by atoms with Gasteiger partial charge >= 0.3 is 6.09 Å². The summed E-state index contributed by atoms with van der Waals surface area (Å²) in [6, 6.07) is 14.9. The van der Waals surface area contributed by atoms with Gasteiger partial charge in [0.15, 0.2) is 0 Å². The minimum atomic E-state index is -0.474. The van der Waals surface area contributed by atoms with Gasteiger partial charge in [-0.1, -0.05) is 39.3 Å². The van der Waals surface area contributed by atoms with Crippen LogP contribution in [0.4, 0.5) is 4.79 Å². The number of nitriles is 1. The number of carbonyl (C=O) groups excluding carboxylic acids is 2. The Bertz CT molecular complexity index is 1460. The monoisotopic (exact) mass is 664 g/mol. The smallest absolute Gasteiger partial charge is 0.410 e. The zero-order valence-corrected chi connectivity index (χ0v) is 29.5. The van der Waals surface area contributed by atoms with E-state index in [1.807, 2.05) is 49.9 Å². The topological polar surface area (TPSA) is 104 Å². The molecule has 0 bridgehead atoms. The van der Waals surface area contributed by atoms with Gasteiger partial charge in [-0.15, -0.1) is 0 Å². The second-order valence-corrected chi connectivity index (χ2v) is 15.8. The normalized spacial score (nSPS) is 23.3. The molecule has 1 saturated carbocycles. The van der Waals surface area contributed by atoms with E-state index in [2.05, 4.69) is 44.0 Å². The lowest BCUT2D eigenvalue weighted by Crippen LogP contribution is -2.74. The number of halogens is 1. The summed E-state index contributed by atoms with van der Waals surface area (Å²) in [6.45, 7) is 17.5. The number of rotatable bonds is 7. The predicted molar refractivity (Wildman–Crippen MR) is 182 cm³/mol. The first-order valence-corrected chi connectivity index (χ1v) is 17.1. The molecule has 2 heterocycles. The van der Waals surface area contributed by atoms with E-state index in [1.54, 1.807) is 18.2 Å². The number of nitrogens with zero attached hydrogens (tertiary/aromatic N) is 3. The molecule has 2 aromatic carbocycles. The SMILES string of the molecule is CC(C)(C)OC(=O)N1CCC(N2CCC(Oc3ccc(C(=O)NC4C(C)(C)C(Oc5ccc(C#N)c(Cl)c5)C4(C)C)cc3)CC2)CC1. The van der Waals surface area contributed by atoms with Crippen LogP contribution in [0.2, 0.25) is 5.02 Å². The summed E-state index contributed by atoms with van der Waals surface area (Å²) >= 11 is 6.22. The van der Waals surface area contributed by atoms with Crippen LogP contribution in [0.25, 0.3) is 0 Å². The van der Waals surface area contributed by atoms with Crippen molar-refractivity contribution >= 4 is 23.6 Å². The Kier molecular flexibility index (Phi) is 10.1. The van der Waals surface area contributed by atoms with E-state index in [4.69, 9.17) is 25.8 Å². The van der Waals surface area contributed by atoms with Gasteiger partial charge in [0.2, 0.25) is 0 Å². The van der Waals surface area contributed by atoms with Gasteiger partial charge in [-0.3, -0.25) is 9.69 Å². The van der Waals surface area contributed by atoms with Crippen molar-refractivity contribution in [1.29, 1.82) is 5.26 Å². The maximum atomic E-state index is 13.3. The molecule has 2 aromatic rings. The van der Waals surface area contributed by atoms with E-state index in [0.717, 1.165) is 57.6 Å². The summed E-state index contributed by atoms with van der Waals surface area (Å²) in [4.78, 5) is 30.1. The minimum Gasteiger partial charge on any atom is -0.490 e. The van der Waals surface area contributed by atoms with Gasteiger partial charge in [0.25, 0.3) is 5.91 Å². The molecule has 9 nitrogen and oxygen atoms in total. The standard InChI is InChI=1S/C37H49ClN4O5/c1-35(2,3)47-34(44)42-18-14-26(15-19-42)41-20-16-28(17-21-41)45-27-11-8-24(9-12-27)31(43)40-32-36(4,5)33(37(32,6)7)46-29-13-10-25(23-39)30(38)22-29/h8-13,22,26,28,32-33H,14-21H2,1-7H3,(H,40,43). The minimum absolute atomic E-state index is 0.119. The summed E-state index contributed by atoms with van der Waals surface area (Å²) in [5, 5.41) is 12.8. The van der Waals surface area contributed by atoms with Crippen molar-refractivity contribution in [2.24, 2.45) is 10.8 Å². The highest BCUT2D eigenvalue weighted by molar-refractivity contribution is 6.31. The van der Waals surface area contributed by atoms with Crippen molar-refractivity contribution < 1.29 is 23.8 Å². The Hall–Kier alpha value is -3.48. The number of likely N-dealkylation sites (tertiary alicyclic amines) is 2. The summed E-state index contributed by atoms with van der Waals surface area (Å²) in [5.41, 5.74) is -0.166. The Balaban J connectivity index is 1.08. The summed E-state index contributed by atoms with van der Waals surface area (Å²) in [5.74, 6) is 1.24. The molecule has 0 aromatic heterocycles. The molecular weight excluding hydrogens is 616 g/mol. The third kappa shape index (κ3) is 7.81. The van der Waals surface area contributed by atoms with Crippen molar-refractivity contribution in [1.82, 2.24) is 15.1 Å². The first kappa shape index (κ1) is 34.8. The van der Waals surface area contributed by atoms with Gasteiger partial charge in [0.05, 0.1) is 10.6 Å². The molecular formula is C37H49ClN4O5. The number of piperidine rings is 2. The van der Waals surface area contributed by atoms with Crippen molar-refractivity contribution in [3.63, 3.8) is 0 Å². The van der Waals surface area contributed by atoms with Crippen LogP contribution < -0.4 is 14.8 Å². The van der Waals surface area contributed by atoms with Crippen molar-refractivity contribution in [2.45, 2.75) is 104 Å². The zero-order chi connectivity index (χ0) is 34.1. The Labute approximate surface area is 284 Å². The van der Waals surface area contributed by atoms with Crippen LogP contribution in [0.5, 0.6) is 11.5 Å². The van der Waals surface area contributed by atoms with Gasteiger partial charge in [0, 0.05) is 60.7 Å². The first-order chi connectivity index (χ1) is 22.1. The predicted octanol–water partition coefficient (Wildman–Crippen LogP) is 7.07. The maximum Gasteiger partial charge on any atom is 0.410 e. The number of hydrogen-bond acceptors (Lipinski definition) is 7. The Morgan fingerprint density at radius 3 is 2.04 bits per heavy atom. The lowest BCUT2D eigenvalue weighted by molar-refractivity contribution is -0.164. The fourth-order valence-corrected chi connectivity index (χ4v) is 8.00. The molecule has 1 aliphatic carbocycles. The van der Waals surface area contributed by atoms with Crippen LogP contribution in [0.3, 0.4) is 0 Å². The Morgan fingerprint density at radius 1 is 0.894 bits per heavy atom. The van der Waals surface area contributed by atoms with Crippen LogP contribution in [0, 0.1) is 22.2 Å². The second kappa shape index (κ2) is 13.6. The Morgan fingerprint density at radius 2 is 1.49 bits per heavy atom. The van der Waals surface area contributed by atoms with Crippen LogP contribution in [-0.4, -0.2) is 77.9 Å². The molecule has 3 aliphatic rings. The zero-order valence-electron chi connectivity index (χ0n) is 28.8. The van der Waals surface area contributed by atoms with Crippen LogP contribution in [0.1, 0.15) is 90.1 Å². The number of amides is 2. The quantitative estimate of drug-likeness (QED) is 0.338. The number of nitrogens with one attached hydrogen (secondary N) is 1. The molecule has 254 valence electrons. The molecule has 2 saturated heterocycles. The van der Waals surface area contributed by atoms with Gasteiger partial charge in [-0.05, 0) is 82.9 Å². The summed E-state index contributed by atoms with van der Waals surface area (Å²) in [6.07, 6.45) is 3.56. The molecule has 0 atom stereocenters. The molecule has 1 N–H and O–H groups in total. The van der Waals surface area contributed by atoms with E-state index in [9.17, 15) is 14.9 Å². The number of hydrogen-bond donors (Lipinski definition) is 1. The van der Waals surface area contributed by atoms with Gasteiger partial charge < -0.3 is 24.4 Å². The average Bonchev–Trinajstić information content (AvgIpc) is 3.02. The summed E-state index contributed by atoms with van der Waals surface area (Å²) in [7, 11) is 0. The van der Waals surface area contributed by atoms with Crippen LogP contribution in [-0.2, 0) is 4.74 Å². The van der Waals surface area contributed by atoms with E-state index >= 15 is 0 Å². The number of benzene rings is 2. The third-order valence-electron chi connectivity index (χ3n) is 9.96. The summed E-state index contributed by atoms with van der Waals surface area (Å²) < 4.78 is 18.2. The fourth-order valence-electron chi connectivity index (χ4n) is 7.79. The highest BCUT2D eigenvalue weighted by atomic mass is 35.5. The molecule has 0 radical (unpaired) electrons. The van der Waals surface area contributed by atoms with Crippen molar-refractivity contribution in [3.05, 3.63) is 58.6 Å². The largest absolute Gasteiger partial charge is 0.490 e. The first-order valence-electron chi connectivity index (χ1n) is 16.7. The van der Waals surface area contributed by atoms with Gasteiger partial charge in [-0.2, -0.15) is 5.26 Å². The highest BCUT2D eigenvalue weighted by Crippen LogP contribution is 2.55. The van der Waals surface area contributed by atoms with E-state index in [0.29, 0.717) is 27.9 Å². The van der Waals surface area contributed by atoms with Crippen LogP contribution >= 0.6 is 11.6 Å². The molecule has 5 rings (SSSR count). The fraction of sp³-hybridized carbons (Fsp3) is 0.595. The van der Waals surface area contributed by atoms with E-state index < -0.39 is 5.60 Å². The molecule has 3 fully saturated rings. The molecule has 0 spiro atoms. The lowest BCUT2D eigenvalue weighted by Gasteiger charge is -2.63. The third-order valence-corrected chi connectivity index (χ3v) is 10.3. The van der Waals surface area contributed by atoms with E-state index in [-0.39, 0.29) is 41.1 Å². The number of ether oxygens (including phenoxy) is 3. The van der Waals surface area contributed by atoms with Gasteiger partial charge in [0.1, 0.15) is 35.4 Å². The number of carbonyl (C=O) groups is 2. The molecule has 2 aliphatic heterocycles. The van der Waals surface area contributed by atoms with Crippen LogP contribution in [0.15, 0.2) is 42.5 Å². The lowest BCUT2D eigenvalue weighted by atomic mass is 9.49. The average molecular weight is 665 g/mol. The molecule has 47 heavy (non-hydrogen) atoms. The molecule has 2 amide bonds. The van der Waals surface area contributed by atoms with Crippen molar-refractivity contribution in [2.75, 3.05) is 26.2 Å². The van der Waals surface area contributed by atoms with Crippen molar-refractivity contribution in [3.8, 4) is 17.6 Å². The molecule has 10 heteroatoms. The second-order valence-electron chi connectivity index (χ2n) is 15.4.